The summed E-state index contributed by atoms with van der Waals surface area (Å²) in [7, 11) is 0. The number of hydrogen-bond donors (Lipinski definition) is 2. The maximum absolute atomic E-state index is 12.6. The predicted molar refractivity (Wildman–Crippen MR) is 112 cm³/mol. The van der Waals surface area contributed by atoms with E-state index in [9.17, 15) is 25.1 Å². The molecular weight excluding hydrogens is 406 g/mol. The first-order chi connectivity index (χ1) is 14.4. The molecule has 0 spiro atoms. The van der Waals surface area contributed by atoms with E-state index >= 15 is 0 Å². The number of esters is 1. The van der Waals surface area contributed by atoms with Crippen LogP contribution in [0.1, 0.15) is 39.7 Å². The molecule has 1 heterocycles. The van der Waals surface area contributed by atoms with E-state index in [1.54, 1.807) is 27.7 Å². The van der Waals surface area contributed by atoms with Crippen LogP contribution in [-0.4, -0.2) is 64.0 Å². The number of nitro groups is 1. The predicted octanol–water partition coefficient (Wildman–Crippen LogP) is 2.02. The fourth-order valence-corrected chi connectivity index (χ4v) is 3.32. The van der Waals surface area contributed by atoms with Gasteiger partial charge in [-0.1, -0.05) is 30.3 Å². The Bertz CT molecular complexity index is 788. The third-order valence-electron chi connectivity index (χ3n) is 4.62. The number of aliphatic hydroxyl groups excluding tert-OH is 2. The van der Waals surface area contributed by atoms with Crippen LogP contribution >= 0.6 is 0 Å². The highest BCUT2D eigenvalue weighted by molar-refractivity contribution is 5.88. The zero-order valence-electron chi connectivity index (χ0n) is 18.3. The fourth-order valence-electron chi connectivity index (χ4n) is 3.32. The summed E-state index contributed by atoms with van der Waals surface area (Å²) in [6.45, 7) is 5.75. The molecule has 0 bridgehead atoms. The molecule has 4 atom stereocenters. The average Bonchev–Trinajstić information content (AvgIpc) is 2.99. The van der Waals surface area contributed by atoms with Crippen LogP contribution in [0.15, 0.2) is 42.0 Å². The van der Waals surface area contributed by atoms with Crippen LogP contribution in [0.2, 0.25) is 0 Å². The minimum atomic E-state index is -1.27. The maximum atomic E-state index is 12.6. The number of rotatable bonds is 9. The number of nitrogens with zero attached hydrogens (tertiary/aromatic N) is 1. The summed E-state index contributed by atoms with van der Waals surface area (Å²) in [5.41, 5.74) is 0.204. The lowest BCUT2D eigenvalue weighted by molar-refractivity contribution is -0.479. The lowest BCUT2D eigenvalue weighted by atomic mass is 10.0. The first-order valence-corrected chi connectivity index (χ1v) is 10.2. The van der Waals surface area contributed by atoms with Gasteiger partial charge in [0.05, 0.1) is 6.61 Å². The number of carbonyl (C=O) groups is 1. The molecule has 1 aromatic carbocycles. The van der Waals surface area contributed by atoms with Crippen molar-refractivity contribution >= 4 is 5.97 Å². The SMILES string of the molecule is CC(C)(C)OC(=O)C(=CC1OC(C)(Cc2ccccc2)OC1C(O)CO)CC[N+](=O)[O-]. The Morgan fingerprint density at radius 3 is 2.52 bits per heavy atom. The van der Waals surface area contributed by atoms with E-state index < -0.39 is 53.7 Å². The molecule has 0 radical (unpaired) electrons. The van der Waals surface area contributed by atoms with Crippen LogP contribution in [-0.2, 0) is 25.4 Å². The Kier molecular flexibility index (Phi) is 8.30. The van der Waals surface area contributed by atoms with Gasteiger partial charge in [0, 0.05) is 23.3 Å². The van der Waals surface area contributed by atoms with E-state index in [0.717, 1.165) is 5.56 Å². The highest BCUT2D eigenvalue weighted by atomic mass is 16.8. The Morgan fingerprint density at radius 1 is 1.32 bits per heavy atom. The summed E-state index contributed by atoms with van der Waals surface area (Å²) in [4.78, 5) is 23.0. The van der Waals surface area contributed by atoms with Crippen LogP contribution in [0.25, 0.3) is 0 Å². The first kappa shape index (κ1) is 24.9. The van der Waals surface area contributed by atoms with Crippen molar-refractivity contribution in [1.29, 1.82) is 0 Å². The standard InChI is InChI=1S/C22H31NO8/c1-21(2,3)31-20(26)16(10-11-23(27)28)12-18-19(17(25)14-24)30-22(4,29-18)13-15-8-6-5-7-9-15/h5-9,12,17-19,24-25H,10-11,13-14H2,1-4H3. The second-order valence-electron chi connectivity index (χ2n) is 8.71. The molecule has 172 valence electrons. The molecule has 1 aliphatic rings. The second kappa shape index (κ2) is 10.3. The smallest absolute Gasteiger partial charge is 0.334 e. The first-order valence-electron chi connectivity index (χ1n) is 10.2. The van der Waals surface area contributed by atoms with Gasteiger partial charge >= 0.3 is 5.97 Å². The Balaban J connectivity index is 2.32. The molecule has 1 fully saturated rings. The minimum Gasteiger partial charge on any atom is -0.457 e. The normalized spacial score (nSPS) is 25.3. The molecule has 4 unspecified atom stereocenters. The third kappa shape index (κ3) is 7.70. The Morgan fingerprint density at radius 2 is 1.97 bits per heavy atom. The molecule has 0 amide bonds. The molecule has 1 aromatic rings. The van der Waals surface area contributed by atoms with Crippen molar-refractivity contribution in [1.82, 2.24) is 0 Å². The summed E-state index contributed by atoms with van der Waals surface area (Å²) in [5.74, 6) is -1.84. The van der Waals surface area contributed by atoms with Crippen LogP contribution < -0.4 is 0 Å². The van der Waals surface area contributed by atoms with Crippen LogP contribution in [0, 0.1) is 10.1 Å². The van der Waals surface area contributed by atoms with Crippen molar-refractivity contribution in [2.75, 3.05) is 13.2 Å². The van der Waals surface area contributed by atoms with E-state index in [4.69, 9.17) is 14.2 Å². The van der Waals surface area contributed by atoms with Gasteiger partial charge in [-0.2, -0.15) is 0 Å². The molecular formula is C22H31NO8. The monoisotopic (exact) mass is 437 g/mol. The van der Waals surface area contributed by atoms with E-state index in [0.29, 0.717) is 6.42 Å². The van der Waals surface area contributed by atoms with Crippen molar-refractivity contribution < 1.29 is 34.1 Å². The second-order valence-corrected chi connectivity index (χ2v) is 8.71. The van der Waals surface area contributed by atoms with Crippen LogP contribution in [0.4, 0.5) is 0 Å². The Hall–Kier alpha value is -2.33. The topological polar surface area (TPSA) is 128 Å². The molecule has 9 heteroatoms. The minimum absolute atomic E-state index is 0.0549. The number of aliphatic hydroxyl groups is 2. The summed E-state index contributed by atoms with van der Waals surface area (Å²) in [6.07, 6.45) is -1.55. The zero-order valence-corrected chi connectivity index (χ0v) is 18.3. The highest BCUT2D eigenvalue weighted by Crippen LogP contribution is 2.35. The third-order valence-corrected chi connectivity index (χ3v) is 4.62. The number of benzene rings is 1. The van der Waals surface area contributed by atoms with Gasteiger partial charge in [-0.3, -0.25) is 10.1 Å². The molecule has 1 saturated heterocycles. The molecule has 1 aliphatic heterocycles. The van der Waals surface area contributed by atoms with Crippen molar-refractivity contribution in [2.24, 2.45) is 0 Å². The molecule has 0 aromatic heterocycles. The summed E-state index contributed by atoms with van der Waals surface area (Å²) < 4.78 is 17.4. The Labute approximate surface area is 181 Å². The van der Waals surface area contributed by atoms with Gasteiger partial charge in [0.25, 0.3) is 0 Å². The van der Waals surface area contributed by atoms with Crippen LogP contribution in [0.5, 0.6) is 0 Å². The quantitative estimate of drug-likeness (QED) is 0.260. The zero-order chi connectivity index (χ0) is 23.2. The molecule has 2 rings (SSSR count). The summed E-state index contributed by atoms with van der Waals surface area (Å²) >= 11 is 0. The fraction of sp³-hybridized carbons (Fsp3) is 0.591. The number of ether oxygens (including phenoxy) is 3. The lowest BCUT2D eigenvalue weighted by Gasteiger charge is -2.24. The molecule has 0 aliphatic carbocycles. The number of hydrogen-bond acceptors (Lipinski definition) is 8. The van der Waals surface area contributed by atoms with Crippen molar-refractivity contribution in [3.8, 4) is 0 Å². The summed E-state index contributed by atoms with van der Waals surface area (Å²) in [5, 5.41) is 30.6. The average molecular weight is 437 g/mol. The van der Waals surface area contributed by atoms with Crippen molar-refractivity contribution in [3.05, 3.63) is 57.7 Å². The van der Waals surface area contributed by atoms with Crippen molar-refractivity contribution in [2.45, 2.75) is 70.2 Å². The van der Waals surface area contributed by atoms with Gasteiger partial charge in [0.2, 0.25) is 6.54 Å². The molecule has 31 heavy (non-hydrogen) atoms. The molecule has 0 saturated carbocycles. The van der Waals surface area contributed by atoms with E-state index in [1.165, 1.54) is 6.08 Å². The highest BCUT2D eigenvalue weighted by Gasteiger charge is 2.46. The van der Waals surface area contributed by atoms with Gasteiger partial charge in [-0.15, -0.1) is 0 Å². The van der Waals surface area contributed by atoms with Gasteiger partial charge in [0.15, 0.2) is 5.79 Å². The maximum Gasteiger partial charge on any atom is 0.334 e. The van der Waals surface area contributed by atoms with E-state index in [1.807, 2.05) is 30.3 Å². The molecule has 2 N–H and O–H groups in total. The van der Waals surface area contributed by atoms with E-state index in [2.05, 4.69) is 0 Å². The van der Waals surface area contributed by atoms with E-state index in [-0.39, 0.29) is 12.0 Å². The summed E-state index contributed by atoms with van der Waals surface area (Å²) in [6, 6.07) is 9.45. The van der Waals surface area contributed by atoms with Gasteiger partial charge in [-0.25, -0.2) is 4.79 Å². The molecule has 9 nitrogen and oxygen atoms in total. The van der Waals surface area contributed by atoms with Crippen LogP contribution in [0.3, 0.4) is 0 Å². The largest absolute Gasteiger partial charge is 0.457 e. The van der Waals surface area contributed by atoms with Gasteiger partial charge in [0.1, 0.15) is 23.9 Å². The van der Waals surface area contributed by atoms with Gasteiger partial charge in [-0.05, 0) is 39.3 Å². The lowest BCUT2D eigenvalue weighted by Crippen LogP contribution is -2.38. The van der Waals surface area contributed by atoms with Gasteiger partial charge < -0.3 is 24.4 Å². The number of carbonyl (C=O) groups excluding carboxylic acids is 1. The van der Waals surface area contributed by atoms with Crippen molar-refractivity contribution in [3.63, 3.8) is 0 Å².